The molecule has 1 saturated heterocycles. The minimum absolute atomic E-state index is 0.106. The SMILES string of the molecule is CC1CN(Cc2cc([N+](=O)[O-])ccc2NN)CC1C. The van der Waals surface area contributed by atoms with Crippen LogP contribution in [0.5, 0.6) is 0 Å². The van der Waals surface area contributed by atoms with Crippen molar-refractivity contribution < 1.29 is 4.92 Å². The fourth-order valence-electron chi connectivity index (χ4n) is 2.58. The number of anilines is 1. The number of hydrazine groups is 1. The van der Waals surface area contributed by atoms with E-state index in [0.717, 1.165) is 24.3 Å². The number of nitrogens with one attached hydrogen (secondary N) is 1. The number of nitrogens with two attached hydrogens (primary N) is 1. The average Bonchev–Trinajstić information content (AvgIpc) is 2.68. The lowest BCUT2D eigenvalue weighted by Crippen LogP contribution is -2.21. The number of likely N-dealkylation sites (tertiary alicyclic amines) is 1. The predicted molar refractivity (Wildman–Crippen MR) is 74.5 cm³/mol. The number of nitrogen functional groups attached to an aromatic ring is 1. The molecule has 6 heteroatoms. The van der Waals surface area contributed by atoms with Crippen molar-refractivity contribution in [2.45, 2.75) is 20.4 Å². The second kappa shape index (κ2) is 5.54. The van der Waals surface area contributed by atoms with Crippen molar-refractivity contribution in [1.82, 2.24) is 4.90 Å². The van der Waals surface area contributed by atoms with Crippen molar-refractivity contribution in [1.29, 1.82) is 0 Å². The van der Waals surface area contributed by atoms with Crippen molar-refractivity contribution in [2.24, 2.45) is 17.7 Å². The van der Waals surface area contributed by atoms with Gasteiger partial charge in [0.05, 0.1) is 10.6 Å². The van der Waals surface area contributed by atoms with Crippen molar-refractivity contribution in [3.63, 3.8) is 0 Å². The van der Waals surface area contributed by atoms with Crippen LogP contribution in [-0.2, 0) is 6.54 Å². The minimum atomic E-state index is -0.376. The van der Waals surface area contributed by atoms with E-state index in [1.54, 1.807) is 12.1 Å². The molecule has 0 amide bonds. The lowest BCUT2D eigenvalue weighted by Gasteiger charge is -2.17. The zero-order chi connectivity index (χ0) is 14.0. The molecule has 6 nitrogen and oxygen atoms in total. The highest BCUT2D eigenvalue weighted by Crippen LogP contribution is 2.27. The molecule has 0 aromatic heterocycles. The van der Waals surface area contributed by atoms with E-state index in [1.165, 1.54) is 6.07 Å². The Bertz CT molecular complexity index is 468. The van der Waals surface area contributed by atoms with E-state index in [2.05, 4.69) is 24.2 Å². The number of nitro groups is 1. The zero-order valence-corrected chi connectivity index (χ0v) is 11.3. The first-order valence-electron chi connectivity index (χ1n) is 6.47. The highest BCUT2D eigenvalue weighted by Gasteiger charge is 2.26. The van der Waals surface area contributed by atoms with Gasteiger partial charge < -0.3 is 5.43 Å². The van der Waals surface area contributed by atoms with Crippen LogP contribution >= 0.6 is 0 Å². The highest BCUT2D eigenvalue weighted by atomic mass is 16.6. The molecule has 1 aliphatic rings. The molecular formula is C13H20N4O2. The van der Waals surface area contributed by atoms with Gasteiger partial charge in [-0.05, 0) is 23.5 Å². The fraction of sp³-hybridized carbons (Fsp3) is 0.538. The van der Waals surface area contributed by atoms with Gasteiger partial charge in [-0.2, -0.15) is 0 Å². The van der Waals surface area contributed by atoms with E-state index in [0.29, 0.717) is 18.4 Å². The summed E-state index contributed by atoms with van der Waals surface area (Å²) >= 11 is 0. The summed E-state index contributed by atoms with van der Waals surface area (Å²) in [4.78, 5) is 12.8. The molecule has 1 aliphatic heterocycles. The van der Waals surface area contributed by atoms with Crippen LogP contribution in [0.25, 0.3) is 0 Å². The Kier molecular flexibility index (Phi) is 4.01. The van der Waals surface area contributed by atoms with Gasteiger partial charge in [0.15, 0.2) is 0 Å². The monoisotopic (exact) mass is 264 g/mol. The molecule has 1 aromatic carbocycles. The van der Waals surface area contributed by atoms with E-state index in [9.17, 15) is 10.1 Å². The summed E-state index contributed by atoms with van der Waals surface area (Å²) in [6, 6.07) is 4.73. The van der Waals surface area contributed by atoms with Gasteiger partial charge in [0.2, 0.25) is 0 Å². The molecule has 3 N–H and O–H groups in total. The lowest BCUT2D eigenvalue weighted by molar-refractivity contribution is -0.384. The quantitative estimate of drug-likeness (QED) is 0.493. The van der Waals surface area contributed by atoms with Crippen LogP contribution in [0.4, 0.5) is 11.4 Å². The number of benzene rings is 1. The van der Waals surface area contributed by atoms with Gasteiger partial charge in [0.1, 0.15) is 0 Å². The molecule has 1 fully saturated rings. The molecule has 2 atom stereocenters. The number of hydrogen-bond donors (Lipinski definition) is 2. The van der Waals surface area contributed by atoms with Gasteiger partial charge in [0, 0.05) is 31.8 Å². The van der Waals surface area contributed by atoms with Crippen LogP contribution in [0, 0.1) is 22.0 Å². The summed E-state index contributed by atoms with van der Waals surface area (Å²) in [5, 5.41) is 10.8. The minimum Gasteiger partial charge on any atom is -0.324 e. The summed E-state index contributed by atoms with van der Waals surface area (Å²) in [7, 11) is 0. The van der Waals surface area contributed by atoms with Crippen LogP contribution in [0.2, 0.25) is 0 Å². The molecule has 1 heterocycles. The third-order valence-electron chi connectivity index (χ3n) is 3.91. The summed E-state index contributed by atoms with van der Waals surface area (Å²) in [5.41, 5.74) is 4.34. The first kappa shape index (κ1) is 13.8. The topological polar surface area (TPSA) is 84.4 Å². The Morgan fingerprint density at radius 2 is 2.05 bits per heavy atom. The van der Waals surface area contributed by atoms with Crippen molar-refractivity contribution in [3.8, 4) is 0 Å². The molecule has 104 valence electrons. The number of nitrogens with zero attached hydrogens (tertiary/aromatic N) is 2. The van der Waals surface area contributed by atoms with E-state index in [4.69, 9.17) is 5.84 Å². The van der Waals surface area contributed by atoms with Gasteiger partial charge in [-0.1, -0.05) is 13.8 Å². The van der Waals surface area contributed by atoms with E-state index in [-0.39, 0.29) is 10.6 Å². The van der Waals surface area contributed by atoms with Crippen LogP contribution < -0.4 is 11.3 Å². The molecule has 19 heavy (non-hydrogen) atoms. The van der Waals surface area contributed by atoms with Crippen LogP contribution in [0.15, 0.2) is 18.2 Å². The number of rotatable bonds is 4. The molecule has 0 saturated carbocycles. The maximum atomic E-state index is 10.8. The molecular weight excluding hydrogens is 244 g/mol. The van der Waals surface area contributed by atoms with E-state index in [1.807, 2.05) is 0 Å². The van der Waals surface area contributed by atoms with E-state index < -0.39 is 0 Å². The van der Waals surface area contributed by atoms with Gasteiger partial charge in [-0.3, -0.25) is 20.9 Å². The van der Waals surface area contributed by atoms with Gasteiger partial charge in [-0.25, -0.2) is 0 Å². The van der Waals surface area contributed by atoms with Gasteiger partial charge >= 0.3 is 0 Å². The molecule has 0 bridgehead atoms. The predicted octanol–water partition coefficient (Wildman–Crippen LogP) is 1.97. The fourth-order valence-corrected chi connectivity index (χ4v) is 2.58. The summed E-state index contributed by atoms with van der Waals surface area (Å²) < 4.78 is 0. The standard InChI is InChI=1S/C13H20N4O2/c1-9-6-16(7-10(9)2)8-11-5-12(17(18)19)3-4-13(11)15-14/h3-5,9-10,15H,6-8,14H2,1-2H3. The Morgan fingerprint density at radius 1 is 1.42 bits per heavy atom. The smallest absolute Gasteiger partial charge is 0.269 e. The third-order valence-corrected chi connectivity index (χ3v) is 3.91. The van der Waals surface area contributed by atoms with Crippen molar-refractivity contribution >= 4 is 11.4 Å². The number of non-ortho nitro benzene ring substituents is 1. The van der Waals surface area contributed by atoms with Crippen molar-refractivity contribution in [3.05, 3.63) is 33.9 Å². The maximum Gasteiger partial charge on any atom is 0.269 e. The highest BCUT2D eigenvalue weighted by molar-refractivity contribution is 5.55. The first-order chi connectivity index (χ1) is 9.01. The lowest BCUT2D eigenvalue weighted by atomic mass is 10.0. The largest absolute Gasteiger partial charge is 0.324 e. The average molecular weight is 264 g/mol. The Balaban J connectivity index is 2.18. The Hall–Kier alpha value is -1.66. The molecule has 2 rings (SSSR count). The number of nitro benzene ring substituents is 1. The number of hydrogen-bond acceptors (Lipinski definition) is 5. The van der Waals surface area contributed by atoms with Crippen LogP contribution in [0.3, 0.4) is 0 Å². The zero-order valence-electron chi connectivity index (χ0n) is 11.3. The molecule has 2 unspecified atom stereocenters. The van der Waals surface area contributed by atoms with Crippen LogP contribution in [0.1, 0.15) is 19.4 Å². The molecule has 0 spiro atoms. The Labute approximate surface area is 112 Å². The summed E-state index contributed by atoms with van der Waals surface area (Å²) in [6.45, 7) is 7.21. The summed E-state index contributed by atoms with van der Waals surface area (Å²) in [5.74, 6) is 6.79. The first-order valence-corrected chi connectivity index (χ1v) is 6.47. The van der Waals surface area contributed by atoms with Crippen molar-refractivity contribution in [2.75, 3.05) is 18.5 Å². The molecule has 1 aromatic rings. The van der Waals surface area contributed by atoms with Gasteiger partial charge in [-0.15, -0.1) is 0 Å². The van der Waals surface area contributed by atoms with E-state index >= 15 is 0 Å². The maximum absolute atomic E-state index is 10.8. The summed E-state index contributed by atoms with van der Waals surface area (Å²) in [6.07, 6.45) is 0. The van der Waals surface area contributed by atoms with Gasteiger partial charge in [0.25, 0.3) is 5.69 Å². The Morgan fingerprint density at radius 3 is 2.58 bits per heavy atom. The van der Waals surface area contributed by atoms with Crippen LogP contribution in [-0.4, -0.2) is 22.9 Å². The second-order valence-electron chi connectivity index (χ2n) is 5.39. The normalized spacial score (nSPS) is 23.5. The molecule has 0 radical (unpaired) electrons. The second-order valence-corrected chi connectivity index (χ2v) is 5.39. The third kappa shape index (κ3) is 3.02. The molecule has 0 aliphatic carbocycles.